The monoisotopic (exact) mass is 282 g/mol. The fourth-order valence-corrected chi connectivity index (χ4v) is 2.52. The van der Waals surface area contributed by atoms with Gasteiger partial charge in [-0.05, 0) is 30.9 Å². The summed E-state index contributed by atoms with van der Waals surface area (Å²) in [4.78, 5) is 13.9. The van der Waals surface area contributed by atoms with Crippen LogP contribution in [0.1, 0.15) is 31.1 Å². The molecule has 1 aliphatic heterocycles. The van der Waals surface area contributed by atoms with Gasteiger partial charge in [0.05, 0.1) is 0 Å². The Labute approximate surface area is 118 Å². The summed E-state index contributed by atoms with van der Waals surface area (Å²) >= 11 is 0. The highest BCUT2D eigenvalue weighted by Crippen LogP contribution is 2.26. The van der Waals surface area contributed by atoms with Crippen LogP contribution in [0.2, 0.25) is 0 Å². The van der Waals surface area contributed by atoms with Gasteiger partial charge in [0.2, 0.25) is 0 Å². The summed E-state index contributed by atoms with van der Waals surface area (Å²) in [7, 11) is 0. The quantitative estimate of drug-likeness (QED) is 0.923. The van der Waals surface area contributed by atoms with E-state index < -0.39 is 11.6 Å². The number of likely N-dealkylation sites (tertiary alicyclic amines) is 1. The molecule has 1 aromatic carbocycles. The highest BCUT2D eigenvalue weighted by Gasteiger charge is 2.30. The first-order valence-corrected chi connectivity index (χ1v) is 6.96. The van der Waals surface area contributed by atoms with E-state index in [4.69, 9.17) is 0 Å². The van der Waals surface area contributed by atoms with Gasteiger partial charge in [-0.2, -0.15) is 0 Å². The Balaban J connectivity index is 2.23. The number of rotatable bonds is 3. The Bertz CT molecular complexity index is 486. The molecular formula is C15H20F2N2O. The molecule has 1 saturated heterocycles. The van der Waals surface area contributed by atoms with Gasteiger partial charge in [-0.15, -0.1) is 0 Å². The highest BCUT2D eigenvalue weighted by atomic mass is 19.1. The van der Waals surface area contributed by atoms with Crippen molar-refractivity contribution in [1.29, 1.82) is 0 Å². The fraction of sp³-hybridized carbons (Fsp3) is 0.533. The molecule has 2 unspecified atom stereocenters. The zero-order chi connectivity index (χ0) is 14.9. The molecule has 2 atom stereocenters. The van der Waals surface area contributed by atoms with E-state index in [0.717, 1.165) is 12.1 Å². The smallest absolute Gasteiger partial charge is 0.254 e. The van der Waals surface area contributed by atoms with Crippen LogP contribution in [0.3, 0.4) is 0 Å². The average Bonchev–Trinajstić information content (AvgIpc) is 2.73. The maximum Gasteiger partial charge on any atom is 0.254 e. The van der Waals surface area contributed by atoms with Crippen molar-refractivity contribution < 1.29 is 13.6 Å². The molecule has 3 nitrogen and oxygen atoms in total. The van der Waals surface area contributed by atoms with E-state index in [-0.39, 0.29) is 17.2 Å². The van der Waals surface area contributed by atoms with Crippen LogP contribution in [0.25, 0.3) is 0 Å². The van der Waals surface area contributed by atoms with E-state index >= 15 is 0 Å². The molecule has 1 heterocycles. The summed E-state index contributed by atoms with van der Waals surface area (Å²) < 4.78 is 27.7. The average molecular weight is 282 g/mol. The van der Waals surface area contributed by atoms with Crippen LogP contribution in [0, 0.1) is 23.5 Å². The van der Waals surface area contributed by atoms with E-state index in [9.17, 15) is 13.6 Å². The third-order valence-electron chi connectivity index (χ3n) is 3.92. The molecule has 1 amide bonds. The molecule has 1 fully saturated rings. The lowest BCUT2D eigenvalue weighted by Crippen LogP contribution is -2.29. The second kappa shape index (κ2) is 5.77. The first-order valence-electron chi connectivity index (χ1n) is 6.96. The third kappa shape index (κ3) is 2.76. The van der Waals surface area contributed by atoms with Gasteiger partial charge in [0.15, 0.2) is 0 Å². The fourth-order valence-electron chi connectivity index (χ4n) is 2.52. The van der Waals surface area contributed by atoms with Crippen molar-refractivity contribution in [1.82, 2.24) is 4.90 Å². The molecule has 1 aliphatic rings. The number of nitrogens with zero attached hydrogens (tertiary/aromatic N) is 1. The lowest BCUT2D eigenvalue weighted by atomic mass is 10.0. The number of benzene rings is 1. The minimum atomic E-state index is -0.726. The predicted octanol–water partition coefficient (Wildman–Crippen LogP) is 3.12. The van der Waals surface area contributed by atoms with E-state index in [2.05, 4.69) is 19.2 Å². The Morgan fingerprint density at radius 1 is 1.25 bits per heavy atom. The molecule has 0 spiro atoms. The number of anilines is 1. The summed E-state index contributed by atoms with van der Waals surface area (Å²) in [5.41, 5.74) is -0.102. The maximum absolute atomic E-state index is 13.8. The van der Waals surface area contributed by atoms with Gasteiger partial charge in [0.1, 0.15) is 17.3 Å². The van der Waals surface area contributed by atoms with E-state index in [1.165, 1.54) is 0 Å². The molecule has 110 valence electrons. The Morgan fingerprint density at radius 3 is 2.20 bits per heavy atom. The molecule has 1 N–H and O–H groups in total. The zero-order valence-electron chi connectivity index (χ0n) is 12.0. The number of hydrogen-bond donors (Lipinski definition) is 1. The van der Waals surface area contributed by atoms with Crippen LogP contribution in [-0.2, 0) is 0 Å². The largest absolute Gasteiger partial charge is 0.381 e. The first kappa shape index (κ1) is 14.8. The number of halogens is 2. The van der Waals surface area contributed by atoms with Crippen molar-refractivity contribution in [2.24, 2.45) is 11.8 Å². The van der Waals surface area contributed by atoms with Gasteiger partial charge >= 0.3 is 0 Å². The molecular weight excluding hydrogens is 262 g/mol. The summed E-state index contributed by atoms with van der Waals surface area (Å²) in [5.74, 6) is -0.933. The van der Waals surface area contributed by atoms with E-state index in [0.29, 0.717) is 31.5 Å². The Hall–Kier alpha value is -1.65. The molecule has 20 heavy (non-hydrogen) atoms. The predicted molar refractivity (Wildman–Crippen MR) is 74.8 cm³/mol. The minimum absolute atomic E-state index is 0.0722. The second-order valence-corrected chi connectivity index (χ2v) is 5.51. The van der Waals surface area contributed by atoms with Crippen molar-refractivity contribution in [2.75, 3.05) is 25.0 Å². The molecule has 1 aromatic rings. The van der Waals surface area contributed by atoms with Gasteiger partial charge in [0.25, 0.3) is 5.91 Å². The maximum atomic E-state index is 13.8. The molecule has 0 aliphatic carbocycles. The molecule has 5 heteroatoms. The van der Waals surface area contributed by atoms with Crippen LogP contribution in [-0.4, -0.2) is 30.4 Å². The lowest BCUT2D eigenvalue weighted by Gasteiger charge is -2.17. The minimum Gasteiger partial charge on any atom is -0.381 e. The van der Waals surface area contributed by atoms with Gasteiger partial charge in [-0.1, -0.05) is 13.8 Å². The van der Waals surface area contributed by atoms with Crippen LogP contribution in [0.15, 0.2) is 12.1 Å². The van der Waals surface area contributed by atoms with Gasteiger partial charge in [-0.3, -0.25) is 4.79 Å². The highest BCUT2D eigenvalue weighted by molar-refractivity contribution is 5.94. The first-order chi connectivity index (χ1) is 9.43. The zero-order valence-corrected chi connectivity index (χ0v) is 12.0. The Morgan fingerprint density at radius 2 is 1.75 bits per heavy atom. The van der Waals surface area contributed by atoms with Gasteiger partial charge in [-0.25, -0.2) is 8.78 Å². The van der Waals surface area contributed by atoms with Crippen molar-refractivity contribution in [3.8, 4) is 0 Å². The van der Waals surface area contributed by atoms with Crippen molar-refractivity contribution in [3.63, 3.8) is 0 Å². The van der Waals surface area contributed by atoms with E-state index in [1.807, 2.05) is 0 Å². The second-order valence-electron chi connectivity index (χ2n) is 5.51. The number of hydrogen-bond acceptors (Lipinski definition) is 2. The number of amides is 1. The lowest BCUT2D eigenvalue weighted by molar-refractivity contribution is 0.0784. The van der Waals surface area contributed by atoms with Crippen LogP contribution in [0.4, 0.5) is 14.5 Å². The van der Waals surface area contributed by atoms with Gasteiger partial charge in [0, 0.05) is 25.2 Å². The van der Waals surface area contributed by atoms with Crippen molar-refractivity contribution in [3.05, 3.63) is 29.3 Å². The van der Waals surface area contributed by atoms with Crippen molar-refractivity contribution >= 4 is 11.6 Å². The molecule has 2 rings (SSSR count). The van der Waals surface area contributed by atoms with Crippen LogP contribution >= 0.6 is 0 Å². The summed E-state index contributed by atoms with van der Waals surface area (Å²) in [5, 5.41) is 2.62. The van der Waals surface area contributed by atoms with Crippen LogP contribution < -0.4 is 5.32 Å². The summed E-state index contributed by atoms with van der Waals surface area (Å²) in [6, 6.07) is 2.22. The third-order valence-corrected chi connectivity index (χ3v) is 3.92. The molecule has 0 bridgehead atoms. The molecule has 0 aromatic heterocycles. The van der Waals surface area contributed by atoms with Gasteiger partial charge < -0.3 is 10.2 Å². The molecule has 0 radical (unpaired) electrons. The number of nitrogens with one attached hydrogen (secondary N) is 1. The standard InChI is InChI=1S/C15H20F2N2O/c1-4-18-14-12(16)5-11(6-13(14)17)15(20)19-7-9(2)10(3)8-19/h5-6,9-10,18H,4,7-8H2,1-3H3. The summed E-state index contributed by atoms with van der Waals surface area (Å²) in [6.07, 6.45) is 0. The topological polar surface area (TPSA) is 32.3 Å². The van der Waals surface area contributed by atoms with Crippen molar-refractivity contribution in [2.45, 2.75) is 20.8 Å². The van der Waals surface area contributed by atoms with Crippen LogP contribution in [0.5, 0.6) is 0 Å². The number of carbonyl (C=O) groups excluding carboxylic acids is 1. The Kier molecular flexibility index (Phi) is 4.26. The normalized spacial score (nSPS) is 22.1. The SMILES string of the molecule is CCNc1c(F)cc(C(=O)N2CC(C)C(C)C2)cc1F. The van der Waals surface area contributed by atoms with E-state index in [1.54, 1.807) is 11.8 Å². The molecule has 0 saturated carbocycles. The summed E-state index contributed by atoms with van der Waals surface area (Å²) in [6.45, 7) is 7.60. The number of carbonyl (C=O) groups is 1.